The highest BCUT2D eigenvalue weighted by Gasteiger charge is 2.28. The molecule has 0 atom stereocenters. The lowest BCUT2D eigenvalue weighted by atomic mass is 9.86. The molecular weight excluding hydrogens is 191 g/mol. The zero-order valence-corrected chi connectivity index (χ0v) is 8.99. The summed E-state index contributed by atoms with van der Waals surface area (Å²) in [7, 11) is 2.10. The summed E-state index contributed by atoms with van der Waals surface area (Å²) < 4.78 is 12.7. The van der Waals surface area contributed by atoms with Crippen molar-refractivity contribution in [2.24, 2.45) is 5.73 Å². The maximum atomic E-state index is 12.7. The molecule has 1 saturated carbocycles. The molecule has 1 fully saturated rings. The lowest BCUT2D eigenvalue weighted by Gasteiger charge is -2.39. The van der Waals surface area contributed by atoms with Crippen LogP contribution in [-0.4, -0.2) is 24.0 Å². The second-order valence-corrected chi connectivity index (χ2v) is 4.43. The van der Waals surface area contributed by atoms with E-state index in [0.29, 0.717) is 12.1 Å². The summed E-state index contributed by atoms with van der Waals surface area (Å²) in [6, 6.07) is 7.68. The van der Waals surface area contributed by atoms with Crippen LogP contribution in [0.15, 0.2) is 24.3 Å². The van der Waals surface area contributed by atoms with Gasteiger partial charge in [0.1, 0.15) is 5.82 Å². The first-order valence-corrected chi connectivity index (χ1v) is 5.35. The van der Waals surface area contributed by atoms with Gasteiger partial charge in [0.05, 0.1) is 0 Å². The van der Waals surface area contributed by atoms with Gasteiger partial charge in [-0.05, 0) is 37.6 Å². The summed E-state index contributed by atoms with van der Waals surface area (Å²) in [4.78, 5) is 2.29. The highest BCUT2D eigenvalue weighted by atomic mass is 19.1. The van der Waals surface area contributed by atoms with Crippen LogP contribution >= 0.6 is 0 Å². The first-order chi connectivity index (χ1) is 7.15. The lowest BCUT2D eigenvalue weighted by molar-refractivity contribution is 0.132. The Morgan fingerprint density at radius 2 is 1.93 bits per heavy atom. The third-order valence-corrected chi connectivity index (χ3v) is 3.12. The van der Waals surface area contributed by atoms with Crippen LogP contribution in [-0.2, 0) is 6.54 Å². The zero-order valence-electron chi connectivity index (χ0n) is 8.99. The van der Waals surface area contributed by atoms with Crippen LogP contribution in [0.3, 0.4) is 0 Å². The Morgan fingerprint density at radius 3 is 2.47 bits per heavy atom. The van der Waals surface area contributed by atoms with Crippen LogP contribution < -0.4 is 5.73 Å². The predicted molar refractivity (Wildman–Crippen MR) is 58.9 cm³/mol. The van der Waals surface area contributed by atoms with E-state index in [1.807, 2.05) is 12.1 Å². The molecule has 0 spiro atoms. The van der Waals surface area contributed by atoms with Gasteiger partial charge in [-0.2, -0.15) is 0 Å². The Labute approximate surface area is 89.9 Å². The van der Waals surface area contributed by atoms with Gasteiger partial charge < -0.3 is 5.73 Å². The second-order valence-electron chi connectivity index (χ2n) is 4.43. The molecule has 0 aliphatic heterocycles. The molecule has 1 aromatic rings. The molecule has 15 heavy (non-hydrogen) atoms. The van der Waals surface area contributed by atoms with Gasteiger partial charge in [-0.1, -0.05) is 12.1 Å². The smallest absolute Gasteiger partial charge is 0.123 e. The summed E-state index contributed by atoms with van der Waals surface area (Å²) in [6.07, 6.45) is 2.16. The Bertz CT molecular complexity index is 317. The summed E-state index contributed by atoms with van der Waals surface area (Å²) >= 11 is 0. The van der Waals surface area contributed by atoms with Gasteiger partial charge in [0.25, 0.3) is 0 Å². The van der Waals surface area contributed by atoms with Crippen LogP contribution in [0.4, 0.5) is 4.39 Å². The normalized spacial score (nSPS) is 25.3. The average Bonchev–Trinajstić information content (AvgIpc) is 2.17. The lowest BCUT2D eigenvalue weighted by Crippen LogP contribution is -2.48. The van der Waals surface area contributed by atoms with E-state index < -0.39 is 0 Å². The van der Waals surface area contributed by atoms with E-state index in [4.69, 9.17) is 5.73 Å². The monoisotopic (exact) mass is 208 g/mol. The van der Waals surface area contributed by atoms with Crippen molar-refractivity contribution in [3.63, 3.8) is 0 Å². The minimum absolute atomic E-state index is 0.174. The predicted octanol–water partition coefficient (Wildman–Crippen LogP) is 1.75. The molecule has 2 nitrogen and oxygen atoms in total. The van der Waals surface area contributed by atoms with Gasteiger partial charge in [-0.15, -0.1) is 0 Å². The molecule has 0 aromatic heterocycles. The van der Waals surface area contributed by atoms with E-state index in [9.17, 15) is 4.39 Å². The van der Waals surface area contributed by atoms with Gasteiger partial charge in [0.15, 0.2) is 0 Å². The Morgan fingerprint density at radius 1 is 1.33 bits per heavy atom. The molecule has 0 amide bonds. The molecule has 82 valence electrons. The highest BCUT2D eigenvalue weighted by Crippen LogP contribution is 2.24. The number of halogens is 1. The van der Waals surface area contributed by atoms with Crippen LogP contribution in [0.5, 0.6) is 0 Å². The molecule has 0 saturated heterocycles. The number of benzene rings is 1. The Hall–Kier alpha value is -0.930. The van der Waals surface area contributed by atoms with E-state index in [0.717, 1.165) is 24.9 Å². The maximum absolute atomic E-state index is 12.7. The van der Waals surface area contributed by atoms with Gasteiger partial charge in [0, 0.05) is 18.6 Å². The van der Waals surface area contributed by atoms with Crippen molar-refractivity contribution in [3.05, 3.63) is 35.6 Å². The number of nitrogens with two attached hydrogens (primary N) is 1. The second kappa shape index (κ2) is 4.29. The van der Waals surface area contributed by atoms with Crippen LogP contribution in [0.25, 0.3) is 0 Å². The summed E-state index contributed by atoms with van der Waals surface area (Å²) in [5, 5.41) is 0. The standard InChI is InChI=1S/C12H17FN2/c1-15(12-6-11(14)7-12)8-9-2-4-10(13)5-3-9/h2-5,11-12H,6-8,14H2,1H3. The summed E-state index contributed by atoms with van der Waals surface area (Å²) in [5.41, 5.74) is 6.90. The molecule has 2 N–H and O–H groups in total. The van der Waals surface area contributed by atoms with Crippen molar-refractivity contribution in [1.29, 1.82) is 0 Å². The molecule has 1 aromatic carbocycles. The van der Waals surface area contributed by atoms with E-state index in [1.54, 1.807) is 0 Å². The fraction of sp³-hybridized carbons (Fsp3) is 0.500. The molecule has 0 unspecified atom stereocenters. The van der Waals surface area contributed by atoms with Crippen molar-refractivity contribution in [1.82, 2.24) is 4.90 Å². The van der Waals surface area contributed by atoms with Gasteiger partial charge in [0.2, 0.25) is 0 Å². The third-order valence-electron chi connectivity index (χ3n) is 3.12. The fourth-order valence-corrected chi connectivity index (χ4v) is 2.00. The van der Waals surface area contributed by atoms with E-state index in [2.05, 4.69) is 11.9 Å². The van der Waals surface area contributed by atoms with Crippen molar-refractivity contribution >= 4 is 0 Å². The molecule has 0 bridgehead atoms. The largest absolute Gasteiger partial charge is 0.328 e. The van der Waals surface area contributed by atoms with Gasteiger partial charge in [-0.3, -0.25) is 4.90 Å². The van der Waals surface area contributed by atoms with Crippen LogP contribution in [0.1, 0.15) is 18.4 Å². The van der Waals surface area contributed by atoms with Crippen molar-refractivity contribution in [2.75, 3.05) is 7.05 Å². The molecule has 1 aliphatic rings. The number of hydrogen-bond acceptors (Lipinski definition) is 2. The molecule has 1 aliphatic carbocycles. The fourth-order valence-electron chi connectivity index (χ4n) is 2.00. The van der Waals surface area contributed by atoms with Gasteiger partial charge >= 0.3 is 0 Å². The minimum Gasteiger partial charge on any atom is -0.328 e. The quantitative estimate of drug-likeness (QED) is 0.820. The van der Waals surface area contributed by atoms with E-state index in [1.165, 1.54) is 12.1 Å². The topological polar surface area (TPSA) is 29.3 Å². The first-order valence-electron chi connectivity index (χ1n) is 5.35. The van der Waals surface area contributed by atoms with E-state index in [-0.39, 0.29) is 5.82 Å². The molecule has 3 heteroatoms. The zero-order chi connectivity index (χ0) is 10.8. The molecule has 2 rings (SSSR count). The first kappa shape index (κ1) is 10.6. The molecular formula is C12H17FN2. The highest BCUT2D eigenvalue weighted by molar-refractivity contribution is 5.16. The van der Waals surface area contributed by atoms with E-state index >= 15 is 0 Å². The Kier molecular flexibility index (Phi) is 3.03. The molecule has 0 radical (unpaired) electrons. The average molecular weight is 208 g/mol. The van der Waals surface area contributed by atoms with Gasteiger partial charge in [-0.25, -0.2) is 4.39 Å². The Balaban J connectivity index is 1.88. The number of hydrogen-bond donors (Lipinski definition) is 1. The molecule has 0 heterocycles. The third kappa shape index (κ3) is 2.55. The number of nitrogens with zero attached hydrogens (tertiary/aromatic N) is 1. The van der Waals surface area contributed by atoms with Crippen LogP contribution in [0.2, 0.25) is 0 Å². The van der Waals surface area contributed by atoms with Crippen molar-refractivity contribution < 1.29 is 4.39 Å². The van der Waals surface area contributed by atoms with Crippen LogP contribution in [0, 0.1) is 5.82 Å². The maximum Gasteiger partial charge on any atom is 0.123 e. The van der Waals surface area contributed by atoms with Crippen molar-refractivity contribution in [2.45, 2.75) is 31.5 Å². The minimum atomic E-state index is -0.174. The van der Waals surface area contributed by atoms with Crippen molar-refractivity contribution in [3.8, 4) is 0 Å². The number of rotatable bonds is 3. The summed E-state index contributed by atoms with van der Waals surface area (Å²) in [5.74, 6) is -0.174. The summed E-state index contributed by atoms with van der Waals surface area (Å²) in [6.45, 7) is 0.873. The SMILES string of the molecule is CN(Cc1ccc(F)cc1)C1CC(N)C1.